The van der Waals surface area contributed by atoms with E-state index in [0.29, 0.717) is 5.56 Å². The molecule has 25 heavy (non-hydrogen) atoms. The minimum Gasteiger partial charge on any atom is -0.478 e. The molecule has 0 fully saturated rings. The third kappa shape index (κ3) is 5.59. The van der Waals surface area contributed by atoms with Crippen LogP contribution >= 0.6 is 0 Å². The largest absolute Gasteiger partial charge is 0.478 e. The van der Waals surface area contributed by atoms with Gasteiger partial charge in [0, 0.05) is 6.54 Å². The molecule has 0 aliphatic heterocycles. The highest BCUT2D eigenvalue weighted by Crippen LogP contribution is 2.17. The second kappa shape index (κ2) is 8.81. The zero-order valence-corrected chi connectivity index (χ0v) is 13.3. The van der Waals surface area contributed by atoms with Crippen LogP contribution in [0.3, 0.4) is 0 Å². The van der Waals surface area contributed by atoms with Crippen molar-refractivity contribution < 1.29 is 29.6 Å². The quantitative estimate of drug-likeness (QED) is 0.607. The summed E-state index contributed by atoms with van der Waals surface area (Å²) in [7, 11) is 0. The van der Waals surface area contributed by atoms with Gasteiger partial charge in [-0.25, -0.2) is 9.59 Å². The zero-order valence-electron chi connectivity index (χ0n) is 13.3. The highest BCUT2D eigenvalue weighted by Gasteiger charge is 2.19. The van der Waals surface area contributed by atoms with E-state index in [1.54, 1.807) is 0 Å². The standard InChI is InChI=1S/C18H19NO6/c20-15(16(21)13-6-8-14(9-7-13)17(22)23)10-19-18(24)25-11-12-4-2-1-3-5-12/h1-9,15-16,20-21H,10-11H2,(H,19,24)(H,22,23). The summed E-state index contributed by atoms with van der Waals surface area (Å²) in [5.74, 6) is -1.08. The Morgan fingerprint density at radius 3 is 2.24 bits per heavy atom. The highest BCUT2D eigenvalue weighted by atomic mass is 16.5. The van der Waals surface area contributed by atoms with E-state index in [4.69, 9.17) is 9.84 Å². The van der Waals surface area contributed by atoms with Crippen molar-refractivity contribution in [1.82, 2.24) is 5.32 Å². The van der Waals surface area contributed by atoms with Crippen molar-refractivity contribution in [2.75, 3.05) is 6.54 Å². The SMILES string of the molecule is O=C(NCC(O)C(O)c1ccc(C(=O)O)cc1)OCc1ccccc1. The normalized spacial score (nSPS) is 12.9. The average molecular weight is 345 g/mol. The van der Waals surface area contributed by atoms with Gasteiger partial charge in [0.05, 0.1) is 5.56 Å². The van der Waals surface area contributed by atoms with Gasteiger partial charge in [0.25, 0.3) is 0 Å². The van der Waals surface area contributed by atoms with E-state index >= 15 is 0 Å². The van der Waals surface area contributed by atoms with Crippen molar-refractivity contribution in [3.05, 3.63) is 71.3 Å². The number of aliphatic hydroxyl groups excluding tert-OH is 2. The Morgan fingerprint density at radius 2 is 1.64 bits per heavy atom. The number of benzene rings is 2. The van der Waals surface area contributed by atoms with Crippen LogP contribution in [0.4, 0.5) is 4.79 Å². The second-order valence-corrected chi connectivity index (χ2v) is 5.38. The average Bonchev–Trinajstić information content (AvgIpc) is 2.64. The van der Waals surface area contributed by atoms with E-state index in [0.717, 1.165) is 5.56 Å². The van der Waals surface area contributed by atoms with Crippen LogP contribution in [0.1, 0.15) is 27.6 Å². The predicted molar refractivity (Wildman–Crippen MR) is 89.0 cm³/mol. The first-order valence-corrected chi connectivity index (χ1v) is 7.61. The van der Waals surface area contributed by atoms with Crippen LogP contribution in [-0.2, 0) is 11.3 Å². The van der Waals surface area contributed by atoms with Crippen LogP contribution in [0.2, 0.25) is 0 Å². The fourth-order valence-electron chi connectivity index (χ4n) is 2.12. The topological polar surface area (TPSA) is 116 Å². The van der Waals surface area contributed by atoms with Gasteiger partial charge >= 0.3 is 12.1 Å². The molecule has 0 saturated carbocycles. The van der Waals surface area contributed by atoms with Crippen LogP contribution in [0.25, 0.3) is 0 Å². The molecule has 0 saturated heterocycles. The number of nitrogens with one attached hydrogen (secondary N) is 1. The van der Waals surface area contributed by atoms with E-state index in [-0.39, 0.29) is 18.7 Å². The van der Waals surface area contributed by atoms with Gasteiger partial charge in [-0.3, -0.25) is 0 Å². The van der Waals surface area contributed by atoms with Crippen molar-refractivity contribution in [2.24, 2.45) is 0 Å². The predicted octanol–water partition coefficient (Wildman–Crippen LogP) is 1.71. The molecule has 7 nitrogen and oxygen atoms in total. The summed E-state index contributed by atoms with van der Waals surface area (Å²) in [5, 5.41) is 31.2. The molecule has 7 heteroatoms. The first kappa shape index (κ1) is 18.4. The van der Waals surface area contributed by atoms with Crippen molar-refractivity contribution in [1.29, 1.82) is 0 Å². The third-order valence-electron chi connectivity index (χ3n) is 3.53. The summed E-state index contributed by atoms with van der Waals surface area (Å²) in [6.45, 7) is -0.114. The molecule has 0 aliphatic rings. The van der Waals surface area contributed by atoms with E-state index < -0.39 is 24.3 Å². The number of rotatable bonds is 7. The zero-order chi connectivity index (χ0) is 18.2. The number of carboxylic acid groups (broad SMARTS) is 1. The van der Waals surface area contributed by atoms with Gasteiger partial charge in [-0.15, -0.1) is 0 Å². The van der Waals surface area contributed by atoms with Crippen LogP contribution < -0.4 is 5.32 Å². The third-order valence-corrected chi connectivity index (χ3v) is 3.53. The van der Waals surface area contributed by atoms with Gasteiger partial charge in [0.15, 0.2) is 0 Å². The lowest BCUT2D eigenvalue weighted by Crippen LogP contribution is -2.35. The molecule has 1 amide bonds. The van der Waals surface area contributed by atoms with Crippen LogP contribution in [0.5, 0.6) is 0 Å². The molecule has 2 aromatic carbocycles. The van der Waals surface area contributed by atoms with E-state index in [9.17, 15) is 19.8 Å². The van der Waals surface area contributed by atoms with Gasteiger partial charge in [0.1, 0.15) is 18.8 Å². The first-order valence-electron chi connectivity index (χ1n) is 7.61. The summed E-state index contributed by atoms with van der Waals surface area (Å²) in [4.78, 5) is 22.4. The van der Waals surface area contributed by atoms with Gasteiger partial charge in [-0.2, -0.15) is 0 Å². The molecule has 132 valence electrons. The molecule has 0 spiro atoms. The minimum atomic E-state index is -1.27. The number of amides is 1. The van der Waals surface area contributed by atoms with Gasteiger partial charge in [-0.05, 0) is 23.3 Å². The molecule has 0 aromatic heterocycles. The maximum Gasteiger partial charge on any atom is 0.407 e. The summed E-state index contributed by atoms with van der Waals surface area (Å²) < 4.78 is 5.00. The number of aromatic carboxylic acids is 1. The van der Waals surface area contributed by atoms with E-state index in [1.165, 1.54) is 24.3 Å². The monoisotopic (exact) mass is 345 g/mol. The second-order valence-electron chi connectivity index (χ2n) is 5.38. The molecule has 0 aliphatic carbocycles. The summed E-state index contributed by atoms with van der Waals surface area (Å²) in [6.07, 6.45) is -3.24. The summed E-state index contributed by atoms with van der Waals surface area (Å²) in [6, 6.07) is 14.6. The van der Waals surface area contributed by atoms with Crippen LogP contribution in [-0.4, -0.2) is 40.0 Å². The number of ether oxygens (including phenoxy) is 1. The van der Waals surface area contributed by atoms with Crippen molar-refractivity contribution in [3.63, 3.8) is 0 Å². The minimum absolute atomic E-state index is 0.0769. The van der Waals surface area contributed by atoms with E-state index in [2.05, 4.69) is 5.32 Å². The van der Waals surface area contributed by atoms with Gasteiger partial charge in [0.2, 0.25) is 0 Å². The molecule has 0 radical (unpaired) electrons. The Labute approximate surface area is 144 Å². The number of aliphatic hydroxyl groups is 2. The molecule has 0 heterocycles. The lowest BCUT2D eigenvalue weighted by molar-refractivity contribution is 0.0184. The van der Waals surface area contributed by atoms with Crippen LogP contribution in [0, 0.1) is 0 Å². The number of alkyl carbamates (subject to hydrolysis) is 1. The van der Waals surface area contributed by atoms with Crippen molar-refractivity contribution in [2.45, 2.75) is 18.8 Å². The smallest absolute Gasteiger partial charge is 0.407 e. The molecule has 2 unspecified atom stereocenters. The highest BCUT2D eigenvalue weighted by molar-refractivity contribution is 5.87. The Morgan fingerprint density at radius 1 is 1.00 bits per heavy atom. The number of carboxylic acids is 1. The van der Waals surface area contributed by atoms with E-state index in [1.807, 2.05) is 30.3 Å². The fourth-order valence-corrected chi connectivity index (χ4v) is 2.12. The Kier molecular flexibility index (Phi) is 6.50. The maximum atomic E-state index is 11.6. The van der Waals surface area contributed by atoms with Crippen molar-refractivity contribution in [3.8, 4) is 0 Å². The van der Waals surface area contributed by atoms with Gasteiger partial charge < -0.3 is 25.4 Å². The molecular weight excluding hydrogens is 326 g/mol. The number of hydrogen-bond donors (Lipinski definition) is 4. The summed E-state index contributed by atoms with van der Waals surface area (Å²) in [5.41, 5.74) is 1.25. The maximum absolute atomic E-state index is 11.6. The Bertz CT molecular complexity index is 701. The number of hydrogen-bond acceptors (Lipinski definition) is 5. The number of carbonyl (C=O) groups excluding carboxylic acids is 1. The Hall–Kier alpha value is -2.90. The molecule has 2 atom stereocenters. The lowest BCUT2D eigenvalue weighted by Gasteiger charge is -2.18. The first-order chi connectivity index (χ1) is 12.0. The Balaban J connectivity index is 1.79. The molecule has 0 bridgehead atoms. The van der Waals surface area contributed by atoms with Crippen molar-refractivity contribution >= 4 is 12.1 Å². The van der Waals surface area contributed by atoms with Gasteiger partial charge in [-0.1, -0.05) is 42.5 Å². The van der Waals surface area contributed by atoms with Crippen LogP contribution in [0.15, 0.2) is 54.6 Å². The molecule has 2 aromatic rings. The molecular formula is C18H19NO6. The fraction of sp³-hybridized carbons (Fsp3) is 0.222. The molecule has 4 N–H and O–H groups in total. The lowest BCUT2D eigenvalue weighted by atomic mass is 10.0. The summed E-state index contributed by atoms with van der Waals surface area (Å²) >= 11 is 0. The number of carbonyl (C=O) groups is 2. The molecule has 2 rings (SSSR count).